The van der Waals surface area contributed by atoms with Gasteiger partial charge in [0.15, 0.2) is 5.84 Å². The quantitative estimate of drug-likeness (QED) is 0.708. The molecule has 1 aliphatic rings. The summed E-state index contributed by atoms with van der Waals surface area (Å²) in [5.74, 6) is 1.60. The number of hydrogen-bond donors (Lipinski definition) is 1. The van der Waals surface area contributed by atoms with Crippen molar-refractivity contribution in [3.8, 4) is 5.75 Å². The molecule has 0 aromatic heterocycles. The summed E-state index contributed by atoms with van der Waals surface area (Å²) in [4.78, 5) is 9.40. The summed E-state index contributed by atoms with van der Waals surface area (Å²) >= 11 is 0. The number of hydrogen-bond acceptors (Lipinski definition) is 4. The number of halogens is 1. The first-order valence-electron chi connectivity index (χ1n) is 8.58. The van der Waals surface area contributed by atoms with Crippen molar-refractivity contribution < 1.29 is 9.13 Å². The van der Waals surface area contributed by atoms with Gasteiger partial charge in [0.25, 0.3) is 0 Å². The number of nitrogens with zero attached hydrogens (tertiary/aromatic N) is 2. The second-order valence-electron chi connectivity index (χ2n) is 6.28. The van der Waals surface area contributed by atoms with Crippen molar-refractivity contribution in [2.45, 2.75) is 6.92 Å². The van der Waals surface area contributed by atoms with Crippen LogP contribution in [0.3, 0.4) is 0 Å². The van der Waals surface area contributed by atoms with Crippen molar-refractivity contribution in [2.75, 3.05) is 12.4 Å². The summed E-state index contributed by atoms with van der Waals surface area (Å²) in [6.07, 6.45) is 0. The van der Waals surface area contributed by atoms with E-state index in [2.05, 4.69) is 10.3 Å². The molecule has 1 N–H and O–H groups in total. The summed E-state index contributed by atoms with van der Waals surface area (Å²) in [6, 6.07) is 20.0. The van der Waals surface area contributed by atoms with Gasteiger partial charge in [0, 0.05) is 11.1 Å². The van der Waals surface area contributed by atoms with Crippen LogP contribution in [0.25, 0.3) is 0 Å². The van der Waals surface area contributed by atoms with E-state index in [0.717, 1.165) is 22.4 Å². The molecule has 0 amide bonds. The van der Waals surface area contributed by atoms with E-state index in [1.54, 1.807) is 13.2 Å². The third-order valence-corrected chi connectivity index (χ3v) is 4.33. The normalized spacial score (nSPS) is 13.0. The molecule has 134 valence electrons. The lowest BCUT2D eigenvalue weighted by atomic mass is 10.1. The minimum absolute atomic E-state index is 0.326. The smallest absolute Gasteiger partial charge is 0.162 e. The lowest BCUT2D eigenvalue weighted by Gasteiger charge is -2.10. The fraction of sp³-hybridized carbons (Fsp3) is 0.0909. The molecule has 1 aliphatic heterocycles. The maximum atomic E-state index is 13.8. The SMILES string of the molecule is COc1ccc(C2=Nc3ccc(F)cc3NC(c3ccc(C)cc3)=N2)cc1. The van der Waals surface area contributed by atoms with Gasteiger partial charge in [-0.15, -0.1) is 0 Å². The van der Waals surface area contributed by atoms with Crippen LogP contribution in [0, 0.1) is 12.7 Å². The number of aliphatic imine (C=N–C) groups is 2. The number of fused-ring (bicyclic) bond motifs is 1. The van der Waals surface area contributed by atoms with Gasteiger partial charge in [-0.2, -0.15) is 0 Å². The third kappa shape index (κ3) is 3.58. The van der Waals surface area contributed by atoms with Gasteiger partial charge in [-0.3, -0.25) is 0 Å². The van der Waals surface area contributed by atoms with E-state index in [-0.39, 0.29) is 5.82 Å². The molecule has 0 saturated carbocycles. The Hall–Kier alpha value is -3.47. The molecule has 0 spiro atoms. The molecule has 0 atom stereocenters. The molecule has 5 heteroatoms. The first-order chi connectivity index (χ1) is 13.1. The van der Waals surface area contributed by atoms with Crippen LogP contribution < -0.4 is 10.1 Å². The van der Waals surface area contributed by atoms with Crippen LogP contribution in [0.1, 0.15) is 16.7 Å². The zero-order valence-corrected chi connectivity index (χ0v) is 15.0. The van der Waals surface area contributed by atoms with E-state index >= 15 is 0 Å². The molecule has 0 radical (unpaired) electrons. The molecule has 0 bridgehead atoms. The molecule has 27 heavy (non-hydrogen) atoms. The van der Waals surface area contributed by atoms with Gasteiger partial charge in [0.2, 0.25) is 0 Å². The van der Waals surface area contributed by atoms with Gasteiger partial charge < -0.3 is 10.1 Å². The molecule has 0 saturated heterocycles. The number of anilines is 1. The molecule has 3 aromatic carbocycles. The van der Waals surface area contributed by atoms with E-state index in [4.69, 9.17) is 9.73 Å². The topological polar surface area (TPSA) is 46.0 Å². The molecular formula is C22H18FN3O. The van der Waals surface area contributed by atoms with E-state index in [1.165, 1.54) is 12.1 Å². The highest BCUT2D eigenvalue weighted by atomic mass is 19.1. The Morgan fingerprint density at radius 1 is 0.852 bits per heavy atom. The van der Waals surface area contributed by atoms with Crippen LogP contribution >= 0.6 is 0 Å². The molecule has 0 aliphatic carbocycles. The zero-order valence-electron chi connectivity index (χ0n) is 15.0. The van der Waals surface area contributed by atoms with Crippen molar-refractivity contribution in [2.24, 2.45) is 9.98 Å². The summed E-state index contributed by atoms with van der Waals surface area (Å²) < 4.78 is 19.0. The number of benzene rings is 3. The van der Waals surface area contributed by atoms with Gasteiger partial charge in [-0.1, -0.05) is 29.8 Å². The standard InChI is InChI=1S/C22H18FN3O/c1-14-3-5-15(6-4-14)22-25-20-13-17(23)9-12-19(20)24-21(26-22)16-7-10-18(27-2)11-8-16/h3-13H,1-2H3,(H,24,25,26). The lowest BCUT2D eigenvalue weighted by Crippen LogP contribution is -2.15. The average molecular weight is 359 g/mol. The van der Waals surface area contributed by atoms with Gasteiger partial charge >= 0.3 is 0 Å². The maximum Gasteiger partial charge on any atom is 0.162 e. The number of nitrogens with one attached hydrogen (secondary N) is 1. The number of amidine groups is 2. The van der Waals surface area contributed by atoms with Crippen LogP contribution in [-0.4, -0.2) is 18.8 Å². The predicted octanol–water partition coefficient (Wildman–Crippen LogP) is 5.09. The largest absolute Gasteiger partial charge is 0.497 e. The second kappa shape index (κ2) is 7.03. The van der Waals surface area contributed by atoms with Crippen LogP contribution in [0.15, 0.2) is 76.7 Å². The number of ether oxygens (including phenoxy) is 1. The fourth-order valence-corrected chi connectivity index (χ4v) is 2.82. The summed E-state index contributed by atoms with van der Waals surface area (Å²) in [6.45, 7) is 2.03. The third-order valence-electron chi connectivity index (χ3n) is 4.33. The van der Waals surface area contributed by atoms with Crippen LogP contribution in [0.4, 0.5) is 15.8 Å². The van der Waals surface area contributed by atoms with Gasteiger partial charge in [0.1, 0.15) is 17.4 Å². The van der Waals surface area contributed by atoms with Gasteiger partial charge in [-0.25, -0.2) is 14.4 Å². The Kier molecular flexibility index (Phi) is 4.42. The van der Waals surface area contributed by atoms with Crippen molar-refractivity contribution in [3.05, 3.63) is 89.2 Å². The van der Waals surface area contributed by atoms with E-state index in [9.17, 15) is 4.39 Å². The van der Waals surface area contributed by atoms with Crippen LogP contribution in [0.2, 0.25) is 0 Å². The maximum absolute atomic E-state index is 13.8. The molecule has 0 unspecified atom stereocenters. The molecule has 0 fully saturated rings. The van der Waals surface area contributed by atoms with Gasteiger partial charge in [0.05, 0.1) is 18.5 Å². The number of rotatable bonds is 3. The fourth-order valence-electron chi connectivity index (χ4n) is 2.82. The molecule has 1 heterocycles. The molecular weight excluding hydrogens is 341 g/mol. The van der Waals surface area contributed by atoms with E-state index in [1.807, 2.05) is 55.5 Å². The predicted molar refractivity (Wildman–Crippen MR) is 107 cm³/mol. The zero-order chi connectivity index (χ0) is 18.8. The minimum Gasteiger partial charge on any atom is -0.497 e. The molecule has 4 rings (SSSR count). The number of aryl methyl sites for hydroxylation is 1. The van der Waals surface area contributed by atoms with Crippen molar-refractivity contribution in [1.82, 2.24) is 0 Å². The average Bonchev–Trinajstić information content (AvgIpc) is 2.88. The van der Waals surface area contributed by atoms with Crippen LogP contribution in [-0.2, 0) is 0 Å². The Morgan fingerprint density at radius 3 is 2.26 bits per heavy atom. The monoisotopic (exact) mass is 359 g/mol. The molecule has 4 nitrogen and oxygen atoms in total. The number of methoxy groups -OCH3 is 1. The molecule has 3 aromatic rings. The van der Waals surface area contributed by atoms with Crippen molar-refractivity contribution in [3.63, 3.8) is 0 Å². The Bertz CT molecular complexity index is 1040. The summed E-state index contributed by atoms with van der Waals surface area (Å²) in [7, 11) is 1.63. The Morgan fingerprint density at radius 2 is 1.56 bits per heavy atom. The summed E-state index contributed by atoms with van der Waals surface area (Å²) in [5, 5.41) is 3.23. The van der Waals surface area contributed by atoms with Crippen molar-refractivity contribution >= 4 is 23.0 Å². The van der Waals surface area contributed by atoms with E-state index in [0.29, 0.717) is 23.0 Å². The Balaban J connectivity index is 1.85. The van der Waals surface area contributed by atoms with Crippen molar-refractivity contribution in [1.29, 1.82) is 0 Å². The van der Waals surface area contributed by atoms with E-state index < -0.39 is 0 Å². The highest BCUT2D eigenvalue weighted by Gasteiger charge is 2.16. The van der Waals surface area contributed by atoms with Crippen LogP contribution in [0.5, 0.6) is 5.75 Å². The minimum atomic E-state index is -0.326. The highest BCUT2D eigenvalue weighted by molar-refractivity contribution is 6.19. The Labute approximate surface area is 157 Å². The first-order valence-corrected chi connectivity index (χ1v) is 8.58. The summed E-state index contributed by atoms with van der Waals surface area (Å²) in [5.41, 5.74) is 4.12. The lowest BCUT2D eigenvalue weighted by molar-refractivity contribution is 0.415. The second-order valence-corrected chi connectivity index (χ2v) is 6.28. The highest BCUT2D eigenvalue weighted by Crippen LogP contribution is 2.30. The first kappa shape index (κ1) is 17.0. The van der Waals surface area contributed by atoms with Gasteiger partial charge in [-0.05, 0) is 49.4 Å².